The van der Waals surface area contributed by atoms with Crippen LogP contribution in [-0.2, 0) is 19.7 Å². The Morgan fingerprint density at radius 3 is 2.54 bits per heavy atom. The second kappa shape index (κ2) is 6.61. The molecule has 0 N–H and O–H groups in total. The lowest BCUT2D eigenvalue weighted by atomic mass is 9.80. The van der Waals surface area contributed by atoms with Crippen molar-refractivity contribution in [1.82, 2.24) is 9.97 Å². The minimum Gasteiger partial charge on any atom is -0.459 e. The number of carbonyl (C=O) groups excluding carboxylic acids is 1. The fraction of sp³-hybridized carbons (Fsp3) is 0.500. The number of esters is 1. The van der Waals surface area contributed by atoms with Gasteiger partial charge < -0.3 is 9.47 Å². The second-order valence-corrected chi connectivity index (χ2v) is 7.83. The summed E-state index contributed by atoms with van der Waals surface area (Å²) in [6.07, 6.45) is 4.69. The van der Waals surface area contributed by atoms with E-state index in [1.54, 1.807) is 12.4 Å². The van der Waals surface area contributed by atoms with Gasteiger partial charge >= 0.3 is 5.97 Å². The lowest BCUT2D eigenvalue weighted by molar-refractivity contribution is -0.166. The van der Waals surface area contributed by atoms with E-state index in [0.717, 1.165) is 16.3 Å². The predicted octanol–water partition coefficient (Wildman–Crippen LogP) is 3.60. The Bertz CT molecular complexity index is 701. The van der Waals surface area contributed by atoms with E-state index in [2.05, 4.69) is 4.98 Å². The van der Waals surface area contributed by atoms with Crippen LogP contribution in [0.1, 0.15) is 38.6 Å². The van der Waals surface area contributed by atoms with Crippen molar-refractivity contribution in [2.75, 3.05) is 13.2 Å². The van der Waals surface area contributed by atoms with Crippen LogP contribution in [0.3, 0.4) is 0 Å². The molecular weight excluding hydrogens is 324 g/mol. The number of carbonyl (C=O) groups is 1. The molecule has 5 nitrogen and oxygen atoms in total. The van der Waals surface area contributed by atoms with Gasteiger partial charge in [0, 0.05) is 36.6 Å². The van der Waals surface area contributed by atoms with Crippen molar-refractivity contribution in [2.45, 2.75) is 44.6 Å². The number of rotatable bonds is 3. The van der Waals surface area contributed by atoms with Crippen LogP contribution in [0.4, 0.5) is 0 Å². The van der Waals surface area contributed by atoms with Crippen LogP contribution in [0.5, 0.6) is 0 Å². The van der Waals surface area contributed by atoms with Gasteiger partial charge in [0.05, 0.1) is 5.69 Å². The molecule has 1 saturated heterocycles. The number of hydrogen-bond acceptors (Lipinski definition) is 6. The summed E-state index contributed by atoms with van der Waals surface area (Å²) < 4.78 is 11.2. The molecule has 3 rings (SSSR count). The molecule has 128 valence electrons. The van der Waals surface area contributed by atoms with Gasteiger partial charge in [-0.3, -0.25) is 9.78 Å². The third kappa shape index (κ3) is 3.49. The fourth-order valence-corrected chi connectivity index (χ4v) is 3.83. The molecule has 0 saturated carbocycles. The molecule has 1 aliphatic rings. The van der Waals surface area contributed by atoms with Crippen LogP contribution in [0, 0.1) is 0 Å². The van der Waals surface area contributed by atoms with E-state index in [1.807, 2.05) is 38.3 Å². The van der Waals surface area contributed by atoms with Crippen molar-refractivity contribution in [3.05, 3.63) is 34.9 Å². The number of hydrogen-bond donors (Lipinski definition) is 0. The number of nitrogens with zero attached hydrogens (tertiary/aromatic N) is 2. The van der Waals surface area contributed by atoms with Crippen molar-refractivity contribution < 1.29 is 14.3 Å². The predicted molar refractivity (Wildman–Crippen MR) is 92.9 cm³/mol. The lowest BCUT2D eigenvalue weighted by Crippen LogP contribution is -2.45. The molecule has 24 heavy (non-hydrogen) atoms. The van der Waals surface area contributed by atoms with Crippen LogP contribution in [-0.4, -0.2) is 34.8 Å². The third-order valence-electron chi connectivity index (χ3n) is 4.03. The molecular formula is C18H22N2O3S. The topological polar surface area (TPSA) is 61.3 Å². The first-order valence-corrected chi connectivity index (χ1v) is 8.96. The molecule has 0 spiro atoms. The first-order chi connectivity index (χ1) is 11.4. The van der Waals surface area contributed by atoms with Crippen LogP contribution < -0.4 is 0 Å². The van der Waals surface area contributed by atoms with E-state index in [1.165, 1.54) is 11.3 Å². The van der Waals surface area contributed by atoms with Gasteiger partial charge in [-0.15, -0.1) is 11.3 Å². The molecule has 0 aromatic carbocycles. The molecule has 2 aromatic rings. The molecule has 0 aliphatic carbocycles. The van der Waals surface area contributed by atoms with Crippen LogP contribution >= 0.6 is 11.3 Å². The standard InChI is InChI=1S/C18H22N2O3S/c1-17(2,3)23-16(21)18(6-10-22-11-7-18)15-20-14(12-24-15)13-4-8-19-9-5-13/h4-5,8-9,12H,6-7,10-11H2,1-3H3. The molecule has 6 heteroatoms. The minimum absolute atomic E-state index is 0.200. The maximum absolute atomic E-state index is 13.0. The number of ether oxygens (including phenoxy) is 2. The molecule has 0 unspecified atom stereocenters. The number of pyridine rings is 1. The summed E-state index contributed by atoms with van der Waals surface area (Å²) in [5.41, 5.74) is 0.639. The summed E-state index contributed by atoms with van der Waals surface area (Å²) in [6.45, 7) is 6.76. The van der Waals surface area contributed by atoms with Crippen molar-refractivity contribution in [1.29, 1.82) is 0 Å². The van der Waals surface area contributed by atoms with Gasteiger partial charge in [-0.1, -0.05) is 0 Å². The summed E-state index contributed by atoms with van der Waals surface area (Å²) >= 11 is 1.52. The van der Waals surface area contributed by atoms with Crippen molar-refractivity contribution in [3.63, 3.8) is 0 Å². The Labute approximate surface area is 146 Å². The van der Waals surface area contributed by atoms with Crippen molar-refractivity contribution in [2.24, 2.45) is 0 Å². The SMILES string of the molecule is CC(C)(C)OC(=O)C1(c2nc(-c3ccncc3)cs2)CCOCC1. The zero-order chi connectivity index (χ0) is 17.2. The summed E-state index contributed by atoms with van der Waals surface area (Å²) in [6, 6.07) is 3.84. The van der Waals surface area contributed by atoms with Crippen LogP contribution in [0.15, 0.2) is 29.9 Å². The van der Waals surface area contributed by atoms with Crippen molar-refractivity contribution in [3.8, 4) is 11.3 Å². The zero-order valence-corrected chi connectivity index (χ0v) is 15.1. The monoisotopic (exact) mass is 346 g/mol. The smallest absolute Gasteiger partial charge is 0.319 e. The molecule has 0 bridgehead atoms. The fourth-order valence-electron chi connectivity index (χ4n) is 2.75. The largest absolute Gasteiger partial charge is 0.459 e. The van der Waals surface area contributed by atoms with Crippen LogP contribution in [0.25, 0.3) is 11.3 Å². The molecule has 1 aliphatic heterocycles. The average molecular weight is 346 g/mol. The van der Waals surface area contributed by atoms with Gasteiger partial charge in [-0.2, -0.15) is 0 Å². The Kier molecular flexibility index (Phi) is 4.69. The Morgan fingerprint density at radius 1 is 1.25 bits per heavy atom. The molecule has 3 heterocycles. The van der Waals surface area contributed by atoms with E-state index < -0.39 is 11.0 Å². The molecule has 0 atom stereocenters. The summed E-state index contributed by atoms with van der Waals surface area (Å²) in [4.78, 5) is 21.8. The quantitative estimate of drug-likeness (QED) is 0.795. The summed E-state index contributed by atoms with van der Waals surface area (Å²) in [7, 11) is 0. The normalized spacial score (nSPS) is 17.5. The second-order valence-electron chi connectivity index (χ2n) is 6.97. The van der Waals surface area contributed by atoms with Gasteiger partial charge in [-0.05, 0) is 45.7 Å². The van der Waals surface area contributed by atoms with Gasteiger partial charge in [0.25, 0.3) is 0 Å². The van der Waals surface area contributed by atoms with Gasteiger partial charge in [-0.25, -0.2) is 4.98 Å². The highest BCUT2D eigenvalue weighted by Crippen LogP contribution is 2.40. The highest BCUT2D eigenvalue weighted by Gasteiger charge is 2.47. The summed E-state index contributed by atoms with van der Waals surface area (Å²) in [5, 5.41) is 2.80. The lowest BCUT2D eigenvalue weighted by Gasteiger charge is -2.35. The highest BCUT2D eigenvalue weighted by atomic mass is 32.1. The average Bonchev–Trinajstić information content (AvgIpc) is 3.05. The first kappa shape index (κ1) is 17.0. The molecule has 0 amide bonds. The minimum atomic E-state index is -0.707. The maximum Gasteiger partial charge on any atom is 0.319 e. The van der Waals surface area contributed by atoms with Gasteiger partial charge in [0.1, 0.15) is 16.0 Å². The zero-order valence-electron chi connectivity index (χ0n) is 14.2. The van der Waals surface area contributed by atoms with E-state index in [0.29, 0.717) is 26.1 Å². The first-order valence-electron chi connectivity index (χ1n) is 8.08. The van der Waals surface area contributed by atoms with Gasteiger partial charge in [0.2, 0.25) is 0 Å². The summed E-state index contributed by atoms with van der Waals surface area (Å²) in [5.74, 6) is -0.200. The number of aromatic nitrogens is 2. The Balaban J connectivity index is 1.95. The van der Waals surface area contributed by atoms with Crippen LogP contribution in [0.2, 0.25) is 0 Å². The van der Waals surface area contributed by atoms with E-state index in [4.69, 9.17) is 14.5 Å². The van der Waals surface area contributed by atoms with E-state index >= 15 is 0 Å². The highest BCUT2D eigenvalue weighted by molar-refractivity contribution is 7.10. The molecule has 0 radical (unpaired) electrons. The third-order valence-corrected chi connectivity index (χ3v) is 5.07. The van der Waals surface area contributed by atoms with Gasteiger partial charge in [0.15, 0.2) is 0 Å². The Morgan fingerprint density at radius 2 is 1.92 bits per heavy atom. The molecule has 2 aromatic heterocycles. The van der Waals surface area contributed by atoms with E-state index in [-0.39, 0.29) is 5.97 Å². The molecule has 1 fully saturated rings. The Hall–Kier alpha value is -1.79. The number of thiazole rings is 1. The van der Waals surface area contributed by atoms with E-state index in [9.17, 15) is 4.79 Å². The maximum atomic E-state index is 13.0. The van der Waals surface area contributed by atoms with Crippen molar-refractivity contribution >= 4 is 17.3 Å².